The van der Waals surface area contributed by atoms with Crippen LogP contribution in [0.2, 0.25) is 5.02 Å². The van der Waals surface area contributed by atoms with Gasteiger partial charge in [0.25, 0.3) is 0 Å². The van der Waals surface area contributed by atoms with Crippen molar-refractivity contribution < 1.29 is 9.53 Å². The Labute approximate surface area is 123 Å². The first-order valence-electron chi connectivity index (χ1n) is 6.63. The number of benzene rings is 2. The summed E-state index contributed by atoms with van der Waals surface area (Å²) in [6.07, 6.45) is 0.360. The standard InChI is InChI=1S/C17H15ClO2/c1-10-5-3-4-6-12(10)13-9-16(19)20-15-8-7-14(18)11(2)17(13)15/h3-8,13H,9H2,1-2H3/t13-/m0/s1. The fourth-order valence-corrected chi connectivity index (χ4v) is 3.04. The van der Waals surface area contributed by atoms with Crippen molar-refractivity contribution in [1.29, 1.82) is 0 Å². The van der Waals surface area contributed by atoms with Crippen LogP contribution in [0.1, 0.15) is 34.6 Å². The molecule has 0 aromatic heterocycles. The number of carbonyl (C=O) groups is 1. The molecule has 20 heavy (non-hydrogen) atoms. The number of rotatable bonds is 1. The first-order chi connectivity index (χ1) is 9.58. The molecule has 2 nitrogen and oxygen atoms in total. The number of fused-ring (bicyclic) bond motifs is 1. The van der Waals surface area contributed by atoms with E-state index in [1.807, 2.05) is 19.1 Å². The topological polar surface area (TPSA) is 26.3 Å². The van der Waals surface area contributed by atoms with E-state index in [-0.39, 0.29) is 11.9 Å². The zero-order chi connectivity index (χ0) is 14.3. The van der Waals surface area contributed by atoms with Crippen molar-refractivity contribution in [1.82, 2.24) is 0 Å². The summed E-state index contributed by atoms with van der Waals surface area (Å²) < 4.78 is 5.36. The summed E-state index contributed by atoms with van der Waals surface area (Å²) in [5.41, 5.74) is 4.37. The van der Waals surface area contributed by atoms with Crippen LogP contribution >= 0.6 is 11.6 Å². The molecule has 0 amide bonds. The normalized spacial score (nSPS) is 17.6. The molecule has 0 saturated heterocycles. The van der Waals surface area contributed by atoms with Crippen LogP contribution in [0.15, 0.2) is 36.4 Å². The number of hydrogen-bond acceptors (Lipinski definition) is 2. The number of halogens is 1. The van der Waals surface area contributed by atoms with E-state index in [4.69, 9.17) is 16.3 Å². The second-order valence-corrected chi connectivity index (χ2v) is 5.58. The van der Waals surface area contributed by atoms with Crippen LogP contribution in [0.25, 0.3) is 0 Å². The van der Waals surface area contributed by atoms with Crippen LogP contribution in [0.5, 0.6) is 5.75 Å². The van der Waals surface area contributed by atoms with Gasteiger partial charge >= 0.3 is 5.97 Å². The van der Waals surface area contributed by atoms with Gasteiger partial charge in [-0.15, -0.1) is 0 Å². The number of aryl methyl sites for hydroxylation is 1. The van der Waals surface area contributed by atoms with Gasteiger partial charge in [0.15, 0.2) is 0 Å². The third-order valence-corrected chi connectivity index (χ3v) is 4.33. The van der Waals surface area contributed by atoms with Crippen molar-refractivity contribution in [3.05, 3.63) is 63.7 Å². The number of esters is 1. The lowest BCUT2D eigenvalue weighted by atomic mass is 9.82. The Morgan fingerprint density at radius 2 is 1.90 bits per heavy atom. The van der Waals surface area contributed by atoms with Crippen LogP contribution in [-0.4, -0.2) is 5.97 Å². The number of hydrogen-bond donors (Lipinski definition) is 0. The minimum Gasteiger partial charge on any atom is -0.426 e. The molecule has 2 aromatic rings. The quantitative estimate of drug-likeness (QED) is 0.574. The minimum atomic E-state index is -0.188. The van der Waals surface area contributed by atoms with Crippen LogP contribution in [0.3, 0.4) is 0 Å². The first-order valence-corrected chi connectivity index (χ1v) is 7.01. The molecule has 1 atom stereocenters. The minimum absolute atomic E-state index is 0.0196. The van der Waals surface area contributed by atoms with Crippen molar-refractivity contribution in [3.63, 3.8) is 0 Å². The molecule has 0 radical (unpaired) electrons. The maximum absolute atomic E-state index is 11.9. The molecule has 0 aliphatic carbocycles. The van der Waals surface area contributed by atoms with Gasteiger partial charge in [-0.2, -0.15) is 0 Å². The summed E-state index contributed by atoms with van der Waals surface area (Å²) in [7, 11) is 0. The van der Waals surface area contributed by atoms with Crippen molar-refractivity contribution in [2.24, 2.45) is 0 Å². The molecule has 0 fully saturated rings. The van der Waals surface area contributed by atoms with Gasteiger partial charge in [0.2, 0.25) is 0 Å². The van der Waals surface area contributed by atoms with E-state index in [1.54, 1.807) is 12.1 Å². The van der Waals surface area contributed by atoms with Crippen molar-refractivity contribution >= 4 is 17.6 Å². The van der Waals surface area contributed by atoms with Crippen LogP contribution < -0.4 is 4.74 Å². The maximum Gasteiger partial charge on any atom is 0.312 e. The Kier molecular flexibility index (Phi) is 3.27. The molecule has 102 valence electrons. The van der Waals surface area contributed by atoms with E-state index in [0.29, 0.717) is 17.2 Å². The summed E-state index contributed by atoms with van der Waals surface area (Å²) in [6, 6.07) is 11.7. The molecule has 0 bridgehead atoms. The smallest absolute Gasteiger partial charge is 0.312 e. The third-order valence-electron chi connectivity index (χ3n) is 3.92. The molecule has 0 N–H and O–H groups in total. The summed E-state index contributed by atoms with van der Waals surface area (Å²) in [5.74, 6) is 0.468. The Balaban J connectivity index is 2.22. The van der Waals surface area contributed by atoms with Crippen LogP contribution in [0, 0.1) is 13.8 Å². The molecule has 0 unspecified atom stereocenters. The van der Waals surface area contributed by atoms with Crippen LogP contribution in [-0.2, 0) is 4.79 Å². The Morgan fingerprint density at radius 1 is 1.15 bits per heavy atom. The highest BCUT2D eigenvalue weighted by Crippen LogP contribution is 2.43. The van der Waals surface area contributed by atoms with Gasteiger partial charge in [-0.25, -0.2) is 0 Å². The van der Waals surface area contributed by atoms with E-state index < -0.39 is 0 Å². The second kappa shape index (κ2) is 4.95. The molecule has 3 rings (SSSR count). The molecule has 3 heteroatoms. The first kappa shape index (κ1) is 13.2. The molecule has 1 aliphatic heterocycles. The van der Waals surface area contributed by atoms with Gasteiger partial charge < -0.3 is 4.74 Å². The summed E-state index contributed by atoms with van der Waals surface area (Å²) >= 11 is 6.23. The molecule has 0 saturated carbocycles. The fraction of sp³-hybridized carbons (Fsp3) is 0.235. The average Bonchev–Trinajstić information content (AvgIpc) is 2.43. The summed E-state index contributed by atoms with van der Waals surface area (Å²) in [6.45, 7) is 4.04. The van der Waals surface area contributed by atoms with E-state index in [1.165, 1.54) is 5.56 Å². The molecular formula is C17H15ClO2. The zero-order valence-corrected chi connectivity index (χ0v) is 12.2. The van der Waals surface area contributed by atoms with Gasteiger partial charge in [-0.05, 0) is 42.7 Å². The predicted molar refractivity (Wildman–Crippen MR) is 79.5 cm³/mol. The Hall–Kier alpha value is -1.80. The molecule has 2 aromatic carbocycles. The highest BCUT2D eigenvalue weighted by atomic mass is 35.5. The predicted octanol–water partition coefficient (Wildman–Crippen LogP) is 4.40. The van der Waals surface area contributed by atoms with Crippen LogP contribution in [0.4, 0.5) is 0 Å². The van der Waals surface area contributed by atoms with E-state index in [2.05, 4.69) is 19.1 Å². The monoisotopic (exact) mass is 286 g/mol. The SMILES string of the molecule is Cc1ccccc1[C@@H]1CC(=O)Oc2ccc(Cl)c(C)c21. The van der Waals surface area contributed by atoms with Gasteiger partial charge in [-0.3, -0.25) is 4.79 Å². The van der Waals surface area contributed by atoms with Crippen molar-refractivity contribution in [2.45, 2.75) is 26.2 Å². The average molecular weight is 287 g/mol. The highest BCUT2D eigenvalue weighted by molar-refractivity contribution is 6.31. The fourth-order valence-electron chi connectivity index (χ4n) is 2.88. The van der Waals surface area contributed by atoms with Gasteiger partial charge in [0, 0.05) is 16.5 Å². The second-order valence-electron chi connectivity index (χ2n) is 5.17. The largest absolute Gasteiger partial charge is 0.426 e. The van der Waals surface area contributed by atoms with Crippen molar-refractivity contribution in [2.75, 3.05) is 0 Å². The molecule has 1 heterocycles. The number of carbonyl (C=O) groups excluding carboxylic acids is 1. The lowest BCUT2D eigenvalue weighted by Gasteiger charge is -2.28. The van der Waals surface area contributed by atoms with E-state index >= 15 is 0 Å². The summed E-state index contributed by atoms with van der Waals surface area (Å²) in [5, 5.41) is 0.709. The molecular weight excluding hydrogens is 272 g/mol. The Morgan fingerprint density at radius 3 is 2.65 bits per heavy atom. The van der Waals surface area contributed by atoms with E-state index in [0.717, 1.165) is 16.7 Å². The van der Waals surface area contributed by atoms with E-state index in [9.17, 15) is 4.79 Å². The van der Waals surface area contributed by atoms with Gasteiger partial charge in [0.1, 0.15) is 5.75 Å². The van der Waals surface area contributed by atoms with Crippen molar-refractivity contribution in [3.8, 4) is 5.75 Å². The lowest BCUT2D eigenvalue weighted by molar-refractivity contribution is -0.135. The lowest BCUT2D eigenvalue weighted by Crippen LogP contribution is -2.22. The Bertz CT molecular complexity index is 691. The van der Waals surface area contributed by atoms with Gasteiger partial charge in [-0.1, -0.05) is 35.9 Å². The highest BCUT2D eigenvalue weighted by Gasteiger charge is 2.31. The molecule has 0 spiro atoms. The summed E-state index contributed by atoms with van der Waals surface area (Å²) in [4.78, 5) is 11.9. The maximum atomic E-state index is 11.9. The van der Waals surface area contributed by atoms with Gasteiger partial charge in [0.05, 0.1) is 6.42 Å². The third kappa shape index (κ3) is 2.10. The molecule has 1 aliphatic rings. The number of ether oxygens (including phenoxy) is 1. The zero-order valence-electron chi connectivity index (χ0n) is 11.4.